The average Bonchev–Trinajstić information content (AvgIpc) is 2.57. The van der Waals surface area contributed by atoms with Crippen LogP contribution >= 0.6 is 11.6 Å². The maximum Gasteiger partial charge on any atom is 0.260 e. The van der Waals surface area contributed by atoms with Crippen molar-refractivity contribution >= 4 is 17.5 Å². The number of nitrogens with one attached hydrogen (secondary N) is 1. The number of rotatable bonds is 7. The van der Waals surface area contributed by atoms with E-state index in [1.54, 1.807) is 19.1 Å². The Labute approximate surface area is 149 Å². The molecule has 3 nitrogen and oxygen atoms in total. The number of carbonyl (C=O) groups is 1. The van der Waals surface area contributed by atoms with Crippen molar-refractivity contribution < 1.29 is 9.53 Å². The third kappa shape index (κ3) is 5.57. The second-order valence-electron chi connectivity index (χ2n) is 6.10. The van der Waals surface area contributed by atoms with Gasteiger partial charge in [-0.25, -0.2) is 0 Å². The van der Waals surface area contributed by atoms with Gasteiger partial charge in [-0.2, -0.15) is 0 Å². The maximum atomic E-state index is 12.3. The summed E-state index contributed by atoms with van der Waals surface area (Å²) >= 11 is 6.00. The van der Waals surface area contributed by atoms with E-state index >= 15 is 0 Å². The Morgan fingerprint density at radius 1 is 1.17 bits per heavy atom. The van der Waals surface area contributed by atoms with Crippen LogP contribution < -0.4 is 10.1 Å². The van der Waals surface area contributed by atoms with Gasteiger partial charge < -0.3 is 10.1 Å². The zero-order chi connectivity index (χ0) is 17.5. The minimum atomic E-state index is -0.551. The molecule has 0 fully saturated rings. The predicted octanol–water partition coefficient (Wildman–Crippen LogP) is 4.55. The first-order chi connectivity index (χ1) is 11.5. The highest BCUT2D eigenvalue weighted by Gasteiger charge is 2.17. The number of aryl methyl sites for hydroxylation is 2. The summed E-state index contributed by atoms with van der Waals surface area (Å²) in [6, 6.07) is 15.8. The molecule has 0 aromatic heterocycles. The topological polar surface area (TPSA) is 38.3 Å². The molecule has 1 amide bonds. The van der Waals surface area contributed by atoms with Gasteiger partial charge in [0, 0.05) is 11.1 Å². The number of hydrogen-bond donors (Lipinski definition) is 1. The van der Waals surface area contributed by atoms with Gasteiger partial charge in [0.05, 0.1) is 0 Å². The summed E-state index contributed by atoms with van der Waals surface area (Å²) in [4.78, 5) is 12.3. The molecule has 2 rings (SSSR count). The summed E-state index contributed by atoms with van der Waals surface area (Å²) in [5.41, 5.74) is 2.21. The monoisotopic (exact) mass is 345 g/mol. The molecule has 128 valence electrons. The van der Waals surface area contributed by atoms with Crippen LogP contribution in [0.4, 0.5) is 0 Å². The number of hydrogen-bond acceptors (Lipinski definition) is 2. The fourth-order valence-corrected chi connectivity index (χ4v) is 2.53. The third-order valence-corrected chi connectivity index (χ3v) is 4.33. The number of ether oxygens (including phenoxy) is 1. The van der Waals surface area contributed by atoms with Crippen molar-refractivity contribution in [1.82, 2.24) is 5.32 Å². The van der Waals surface area contributed by atoms with Gasteiger partial charge >= 0.3 is 0 Å². The fraction of sp³-hybridized carbons (Fsp3) is 0.350. The smallest absolute Gasteiger partial charge is 0.260 e. The van der Waals surface area contributed by atoms with Gasteiger partial charge in [-0.05, 0) is 62.9 Å². The number of benzene rings is 2. The lowest BCUT2D eigenvalue weighted by molar-refractivity contribution is -0.127. The molecule has 24 heavy (non-hydrogen) atoms. The SMILES string of the molecule is Cc1cc(O[C@@H](C)C(=O)N[C@@H](C)CCc2ccccc2)ccc1Cl. The Morgan fingerprint density at radius 2 is 1.88 bits per heavy atom. The molecule has 0 heterocycles. The first kappa shape index (κ1) is 18.3. The largest absolute Gasteiger partial charge is 0.481 e. The minimum Gasteiger partial charge on any atom is -0.481 e. The van der Waals surface area contributed by atoms with Gasteiger partial charge in [0.2, 0.25) is 0 Å². The highest BCUT2D eigenvalue weighted by molar-refractivity contribution is 6.31. The summed E-state index contributed by atoms with van der Waals surface area (Å²) in [7, 11) is 0. The molecule has 2 atom stereocenters. The Balaban J connectivity index is 1.80. The van der Waals surface area contributed by atoms with Gasteiger partial charge in [0.1, 0.15) is 5.75 Å². The van der Waals surface area contributed by atoms with E-state index in [0.29, 0.717) is 10.8 Å². The summed E-state index contributed by atoms with van der Waals surface area (Å²) in [5, 5.41) is 3.70. The predicted molar refractivity (Wildman–Crippen MR) is 98.6 cm³/mol. The second kappa shape index (κ2) is 8.74. The van der Waals surface area contributed by atoms with E-state index in [4.69, 9.17) is 16.3 Å². The molecule has 0 unspecified atom stereocenters. The Morgan fingerprint density at radius 3 is 2.54 bits per heavy atom. The van der Waals surface area contributed by atoms with Crippen LogP contribution in [0.2, 0.25) is 5.02 Å². The molecule has 1 N–H and O–H groups in total. The van der Waals surface area contributed by atoms with Crippen molar-refractivity contribution in [1.29, 1.82) is 0 Å². The van der Waals surface area contributed by atoms with Crippen molar-refractivity contribution in [2.24, 2.45) is 0 Å². The molecule has 0 aliphatic carbocycles. The highest BCUT2D eigenvalue weighted by Crippen LogP contribution is 2.21. The van der Waals surface area contributed by atoms with Crippen molar-refractivity contribution in [2.75, 3.05) is 0 Å². The standard InChI is InChI=1S/C20H24ClNO2/c1-14-13-18(11-12-19(14)21)24-16(3)20(23)22-15(2)9-10-17-7-5-4-6-8-17/h4-8,11-13,15-16H,9-10H2,1-3H3,(H,22,23)/t15-,16-/m0/s1. The third-order valence-electron chi connectivity index (χ3n) is 3.91. The number of amides is 1. The molecular formula is C20H24ClNO2. The molecule has 2 aromatic carbocycles. The maximum absolute atomic E-state index is 12.3. The van der Waals surface area contributed by atoms with Gasteiger partial charge in [-0.1, -0.05) is 41.9 Å². The lowest BCUT2D eigenvalue weighted by Crippen LogP contribution is -2.41. The van der Waals surface area contributed by atoms with Crippen molar-refractivity contribution in [3.63, 3.8) is 0 Å². The Hall–Kier alpha value is -2.00. The molecule has 2 aromatic rings. The van der Waals surface area contributed by atoms with Crippen LogP contribution in [-0.2, 0) is 11.2 Å². The van der Waals surface area contributed by atoms with Crippen LogP contribution in [0.5, 0.6) is 5.75 Å². The zero-order valence-corrected chi connectivity index (χ0v) is 15.1. The Bertz CT molecular complexity index is 673. The molecule has 0 radical (unpaired) electrons. The lowest BCUT2D eigenvalue weighted by Gasteiger charge is -2.19. The fourth-order valence-electron chi connectivity index (χ4n) is 2.41. The van der Waals surface area contributed by atoms with E-state index in [1.165, 1.54) is 5.56 Å². The van der Waals surface area contributed by atoms with Crippen LogP contribution in [0.25, 0.3) is 0 Å². The number of halogens is 1. The molecule has 0 aliphatic rings. The first-order valence-corrected chi connectivity index (χ1v) is 8.60. The molecule has 0 spiro atoms. The van der Waals surface area contributed by atoms with E-state index in [-0.39, 0.29) is 11.9 Å². The molecule has 4 heteroatoms. The molecular weight excluding hydrogens is 322 g/mol. The van der Waals surface area contributed by atoms with Gasteiger partial charge in [0.15, 0.2) is 6.10 Å². The van der Waals surface area contributed by atoms with Crippen LogP contribution in [0.3, 0.4) is 0 Å². The Kier molecular flexibility index (Phi) is 6.68. The van der Waals surface area contributed by atoms with Crippen molar-refractivity contribution in [3.8, 4) is 5.75 Å². The van der Waals surface area contributed by atoms with E-state index in [1.807, 2.05) is 38.1 Å². The van der Waals surface area contributed by atoms with Gasteiger partial charge in [-0.15, -0.1) is 0 Å². The summed E-state index contributed by atoms with van der Waals surface area (Å²) in [6.07, 6.45) is 1.28. The van der Waals surface area contributed by atoms with Crippen molar-refractivity contribution in [2.45, 2.75) is 45.8 Å². The van der Waals surface area contributed by atoms with E-state index in [2.05, 4.69) is 17.4 Å². The molecule has 0 saturated carbocycles. The summed E-state index contributed by atoms with van der Waals surface area (Å²) in [5.74, 6) is 0.541. The second-order valence-corrected chi connectivity index (χ2v) is 6.51. The number of carbonyl (C=O) groups excluding carboxylic acids is 1. The first-order valence-electron chi connectivity index (χ1n) is 8.23. The van der Waals surface area contributed by atoms with E-state index < -0.39 is 6.10 Å². The van der Waals surface area contributed by atoms with Gasteiger partial charge in [0.25, 0.3) is 5.91 Å². The summed E-state index contributed by atoms with van der Waals surface area (Å²) < 4.78 is 5.70. The van der Waals surface area contributed by atoms with Crippen LogP contribution in [0, 0.1) is 6.92 Å². The normalized spacial score (nSPS) is 13.2. The van der Waals surface area contributed by atoms with Crippen LogP contribution in [-0.4, -0.2) is 18.1 Å². The zero-order valence-electron chi connectivity index (χ0n) is 14.4. The molecule has 0 aliphatic heterocycles. The van der Waals surface area contributed by atoms with Crippen LogP contribution in [0.1, 0.15) is 31.4 Å². The van der Waals surface area contributed by atoms with Crippen molar-refractivity contribution in [3.05, 3.63) is 64.7 Å². The quantitative estimate of drug-likeness (QED) is 0.799. The van der Waals surface area contributed by atoms with Crippen LogP contribution in [0.15, 0.2) is 48.5 Å². The lowest BCUT2D eigenvalue weighted by atomic mass is 10.1. The van der Waals surface area contributed by atoms with E-state index in [9.17, 15) is 4.79 Å². The van der Waals surface area contributed by atoms with E-state index in [0.717, 1.165) is 18.4 Å². The average molecular weight is 346 g/mol. The molecule has 0 saturated heterocycles. The minimum absolute atomic E-state index is 0.0933. The highest BCUT2D eigenvalue weighted by atomic mass is 35.5. The molecule has 0 bridgehead atoms. The van der Waals surface area contributed by atoms with Gasteiger partial charge in [-0.3, -0.25) is 4.79 Å². The summed E-state index contributed by atoms with van der Waals surface area (Å²) in [6.45, 7) is 5.68.